The molecule has 7 aromatic carbocycles. The molecule has 0 radical (unpaired) electrons. The second-order valence-electron chi connectivity index (χ2n) is 12.3. The van der Waals surface area contributed by atoms with Crippen LogP contribution in [0.25, 0.3) is 100.0 Å². The van der Waals surface area contributed by atoms with Crippen LogP contribution in [0.2, 0.25) is 0 Å². The maximum atomic E-state index is 9.25. The summed E-state index contributed by atoms with van der Waals surface area (Å²) in [5.74, 6) is 0.474. The first-order valence-corrected chi connectivity index (χ1v) is 16.5. The largest absolute Gasteiger partial charge is 0.455 e. The molecule has 51 heavy (non-hydrogen) atoms. The SMILES string of the molecule is [2H]c1c([2H])c([2H])c2c(oc3c(-c4nc(-c5ccccc5)nc(-n5c6ccccc6c6ccc7c8ccccc8n(-c8ccccc8)c7c65)n4)c([2H])c([2H])c([2H])c32)c1[2H]. The molecule has 4 heterocycles. The van der Waals surface area contributed by atoms with Crippen LogP contribution < -0.4 is 0 Å². The van der Waals surface area contributed by atoms with Gasteiger partial charge in [-0.3, -0.25) is 4.57 Å². The summed E-state index contributed by atoms with van der Waals surface area (Å²) in [6.07, 6.45) is 0. The van der Waals surface area contributed by atoms with Crippen molar-refractivity contribution in [3.8, 4) is 34.4 Å². The van der Waals surface area contributed by atoms with Gasteiger partial charge in [-0.2, -0.15) is 9.97 Å². The smallest absolute Gasteiger partial charge is 0.238 e. The van der Waals surface area contributed by atoms with Gasteiger partial charge in [0.2, 0.25) is 5.95 Å². The fourth-order valence-corrected chi connectivity index (χ4v) is 7.33. The normalized spacial score (nSPS) is 13.8. The summed E-state index contributed by atoms with van der Waals surface area (Å²) in [6.45, 7) is 0. The zero-order valence-electron chi connectivity index (χ0n) is 33.7. The third-order valence-corrected chi connectivity index (χ3v) is 9.50. The number of rotatable bonds is 4. The van der Waals surface area contributed by atoms with Crippen LogP contribution in [-0.2, 0) is 0 Å². The van der Waals surface area contributed by atoms with E-state index in [1.165, 1.54) is 0 Å². The van der Waals surface area contributed by atoms with Crippen molar-refractivity contribution in [2.24, 2.45) is 0 Å². The molecule has 11 aromatic rings. The summed E-state index contributed by atoms with van der Waals surface area (Å²) in [4.78, 5) is 15.1. The second kappa shape index (κ2) is 10.7. The Labute approximate surface area is 301 Å². The molecule has 0 N–H and O–H groups in total. The van der Waals surface area contributed by atoms with Gasteiger partial charge in [-0.05, 0) is 36.4 Å². The van der Waals surface area contributed by atoms with Crippen LogP contribution in [0.1, 0.15) is 9.60 Å². The van der Waals surface area contributed by atoms with Crippen molar-refractivity contribution < 1.29 is 14.0 Å². The number of aromatic nitrogens is 5. The molecule has 0 aliphatic rings. The highest BCUT2D eigenvalue weighted by molar-refractivity contribution is 6.23. The molecule has 0 aliphatic carbocycles. The number of benzene rings is 7. The van der Waals surface area contributed by atoms with E-state index in [0.717, 1.165) is 49.3 Å². The van der Waals surface area contributed by atoms with Crippen molar-refractivity contribution in [3.05, 3.63) is 164 Å². The first-order valence-electron chi connectivity index (χ1n) is 20.0. The Balaban J connectivity index is 1.32. The van der Waals surface area contributed by atoms with E-state index in [2.05, 4.69) is 47.0 Å². The van der Waals surface area contributed by atoms with Gasteiger partial charge in [-0.15, -0.1) is 0 Å². The van der Waals surface area contributed by atoms with Gasteiger partial charge in [0.05, 0.1) is 37.2 Å². The van der Waals surface area contributed by atoms with E-state index in [4.69, 9.17) is 27.6 Å². The predicted molar refractivity (Wildman–Crippen MR) is 207 cm³/mol. The summed E-state index contributed by atoms with van der Waals surface area (Å²) in [5.41, 5.74) is 4.93. The molecular weight excluding hydrogens is 627 g/mol. The summed E-state index contributed by atoms with van der Waals surface area (Å²) in [7, 11) is 0. The van der Waals surface area contributed by atoms with Gasteiger partial charge in [-0.25, -0.2) is 4.98 Å². The molecule has 0 fully saturated rings. The van der Waals surface area contributed by atoms with Crippen LogP contribution >= 0.6 is 0 Å². The minimum Gasteiger partial charge on any atom is -0.455 e. The molecule has 0 amide bonds. The lowest BCUT2D eigenvalue weighted by Gasteiger charge is -2.13. The average Bonchev–Trinajstić information content (AvgIpc) is 3.93. The van der Waals surface area contributed by atoms with Crippen LogP contribution in [0, 0.1) is 0 Å². The third kappa shape index (κ3) is 4.07. The topological polar surface area (TPSA) is 61.7 Å². The Hall–Kier alpha value is -7.05. The van der Waals surface area contributed by atoms with Gasteiger partial charge >= 0.3 is 0 Å². The summed E-state index contributed by atoms with van der Waals surface area (Å²) < 4.78 is 71.7. The zero-order chi connectivity index (χ0) is 39.6. The first kappa shape index (κ1) is 21.8. The molecule has 0 saturated carbocycles. The van der Waals surface area contributed by atoms with Crippen LogP contribution in [0.4, 0.5) is 0 Å². The third-order valence-electron chi connectivity index (χ3n) is 9.50. The van der Waals surface area contributed by atoms with Crippen LogP contribution in [0.15, 0.2) is 168 Å². The molecule has 0 bridgehead atoms. The summed E-state index contributed by atoms with van der Waals surface area (Å²) >= 11 is 0. The Morgan fingerprint density at radius 3 is 1.84 bits per heavy atom. The van der Waals surface area contributed by atoms with Crippen molar-refractivity contribution in [3.63, 3.8) is 0 Å². The molecule has 11 rings (SSSR count). The fraction of sp³-hybridized carbons (Fsp3) is 0. The van der Waals surface area contributed by atoms with Crippen LogP contribution in [-0.4, -0.2) is 24.1 Å². The van der Waals surface area contributed by atoms with E-state index >= 15 is 0 Å². The molecule has 0 unspecified atom stereocenters. The lowest BCUT2D eigenvalue weighted by Crippen LogP contribution is -2.07. The average molecular weight is 661 g/mol. The number of nitrogens with zero attached hydrogens (tertiary/aromatic N) is 5. The van der Waals surface area contributed by atoms with Gasteiger partial charge in [0, 0.05) is 43.6 Å². The van der Waals surface area contributed by atoms with E-state index in [9.17, 15) is 1.37 Å². The van der Waals surface area contributed by atoms with Gasteiger partial charge in [-0.1, -0.05) is 127 Å². The molecular formula is C45H27N5O. The van der Waals surface area contributed by atoms with Gasteiger partial charge in [0.1, 0.15) is 11.2 Å². The zero-order valence-corrected chi connectivity index (χ0v) is 26.7. The number of hydrogen-bond acceptors (Lipinski definition) is 4. The standard InChI is InChI=1S/C45H27N5O/c1-3-14-28(15-4-1)43-46-44(36-22-13-21-35-32-20-9-12-25-39(32)51-42(35)36)48-45(47-43)50-38-24-11-8-19-31(38)34-27-26-33-30-18-7-10-23-37(30)49(40(33)41(34)50)29-16-5-2-6-17-29/h1-27H/i9D,12D,13D,20D,21D,22D,25D. The van der Waals surface area contributed by atoms with E-state index in [1.54, 1.807) is 0 Å². The molecule has 6 heteroatoms. The van der Waals surface area contributed by atoms with E-state index in [-0.39, 0.29) is 45.1 Å². The van der Waals surface area contributed by atoms with E-state index in [1.807, 2.05) is 83.4 Å². The Morgan fingerprint density at radius 2 is 1.08 bits per heavy atom. The maximum absolute atomic E-state index is 9.25. The predicted octanol–water partition coefficient (Wildman–Crippen LogP) is 11.3. The highest BCUT2D eigenvalue weighted by atomic mass is 16.3. The fourth-order valence-electron chi connectivity index (χ4n) is 7.33. The maximum Gasteiger partial charge on any atom is 0.238 e. The van der Waals surface area contributed by atoms with E-state index < -0.39 is 42.3 Å². The van der Waals surface area contributed by atoms with Crippen molar-refractivity contribution in [1.82, 2.24) is 24.1 Å². The monoisotopic (exact) mass is 660 g/mol. The molecule has 238 valence electrons. The second-order valence-corrected chi connectivity index (χ2v) is 12.3. The van der Waals surface area contributed by atoms with Crippen molar-refractivity contribution >= 4 is 65.6 Å². The summed E-state index contributed by atoms with van der Waals surface area (Å²) in [6, 6.07) is 37.0. The highest BCUT2D eigenvalue weighted by Crippen LogP contribution is 2.42. The Bertz CT molecular complexity index is 3540. The molecule has 0 spiro atoms. The van der Waals surface area contributed by atoms with Gasteiger partial charge < -0.3 is 8.98 Å². The van der Waals surface area contributed by atoms with Crippen LogP contribution in [0.5, 0.6) is 0 Å². The Morgan fingerprint density at radius 1 is 0.471 bits per heavy atom. The lowest BCUT2D eigenvalue weighted by atomic mass is 10.1. The van der Waals surface area contributed by atoms with Gasteiger partial charge in [0.25, 0.3) is 0 Å². The van der Waals surface area contributed by atoms with Crippen molar-refractivity contribution in [2.75, 3.05) is 0 Å². The van der Waals surface area contributed by atoms with Crippen LogP contribution in [0.3, 0.4) is 0 Å². The van der Waals surface area contributed by atoms with Crippen molar-refractivity contribution in [2.45, 2.75) is 0 Å². The van der Waals surface area contributed by atoms with Gasteiger partial charge in [0.15, 0.2) is 11.6 Å². The molecule has 0 saturated heterocycles. The van der Waals surface area contributed by atoms with E-state index in [0.29, 0.717) is 5.56 Å². The van der Waals surface area contributed by atoms with Crippen molar-refractivity contribution in [1.29, 1.82) is 0 Å². The Kier molecular flexibility index (Phi) is 4.59. The molecule has 4 aromatic heterocycles. The number of hydrogen-bond donors (Lipinski definition) is 0. The minimum atomic E-state index is -0.499. The number of para-hydroxylation sites is 5. The highest BCUT2D eigenvalue weighted by Gasteiger charge is 2.24. The number of furan rings is 1. The quantitative estimate of drug-likeness (QED) is 0.188. The summed E-state index contributed by atoms with van der Waals surface area (Å²) in [5, 5.41) is 3.95. The molecule has 0 aliphatic heterocycles. The first-order chi connectivity index (χ1) is 28.2. The number of fused-ring (bicyclic) bond motifs is 10. The molecule has 6 nitrogen and oxygen atoms in total. The molecule has 0 atom stereocenters. The minimum absolute atomic E-state index is 0.0211. The lowest BCUT2D eigenvalue weighted by molar-refractivity contribution is 0.669.